The van der Waals surface area contributed by atoms with E-state index in [2.05, 4.69) is 6.92 Å². The van der Waals surface area contributed by atoms with Crippen molar-refractivity contribution in [3.05, 3.63) is 18.7 Å². The van der Waals surface area contributed by atoms with Crippen LogP contribution in [0.4, 0.5) is 4.79 Å². The molecule has 0 N–H and O–H groups in total. The fraction of sp³-hybridized carbons (Fsp3) is 0.667. The summed E-state index contributed by atoms with van der Waals surface area (Å²) < 4.78 is 8.96. The van der Waals surface area contributed by atoms with Crippen LogP contribution in [0.1, 0.15) is 19.8 Å². The molecule has 102 valence electrons. The second kappa shape index (κ2) is 6.01. The molecule has 1 fully saturated rings. The first-order valence-corrected chi connectivity index (χ1v) is 5.92. The SMILES string of the molecule is COC1(C)CCCN(C(=O)n2cc[n+](C)c2)C1.[I-]. The molecule has 6 heteroatoms. The van der Waals surface area contributed by atoms with E-state index in [1.54, 1.807) is 24.2 Å². The lowest BCUT2D eigenvalue weighted by Crippen LogP contribution is -3.00. The average molecular weight is 365 g/mol. The highest BCUT2D eigenvalue weighted by molar-refractivity contribution is 5.76. The van der Waals surface area contributed by atoms with E-state index in [1.807, 2.05) is 22.7 Å². The molecule has 1 saturated heterocycles. The Bertz CT molecular complexity index is 421. The predicted octanol–water partition coefficient (Wildman–Crippen LogP) is -2.21. The van der Waals surface area contributed by atoms with E-state index in [1.165, 1.54) is 0 Å². The van der Waals surface area contributed by atoms with Crippen molar-refractivity contribution < 1.29 is 38.1 Å². The zero-order chi connectivity index (χ0) is 12.5. The Morgan fingerprint density at radius 3 is 2.78 bits per heavy atom. The molecule has 18 heavy (non-hydrogen) atoms. The highest BCUT2D eigenvalue weighted by Gasteiger charge is 2.35. The number of aryl methyl sites for hydroxylation is 1. The third-order valence-electron chi connectivity index (χ3n) is 3.41. The highest BCUT2D eigenvalue weighted by Crippen LogP contribution is 2.24. The molecule has 0 aromatic carbocycles. The summed E-state index contributed by atoms with van der Waals surface area (Å²) in [5.74, 6) is 0. The van der Waals surface area contributed by atoms with Crippen molar-refractivity contribution in [3.63, 3.8) is 0 Å². The zero-order valence-electron chi connectivity index (χ0n) is 11.1. The lowest BCUT2D eigenvalue weighted by molar-refractivity contribution is -0.670. The van der Waals surface area contributed by atoms with Gasteiger partial charge in [0.05, 0.1) is 19.2 Å². The lowest BCUT2D eigenvalue weighted by Gasteiger charge is -2.38. The van der Waals surface area contributed by atoms with Gasteiger partial charge in [-0.15, -0.1) is 0 Å². The maximum Gasteiger partial charge on any atom is 0.415 e. The standard InChI is InChI=1S/C12H20N3O2.HI/c1-12(17-3)5-4-6-14(9-12)11(16)15-8-7-13(2)10-15;/h7-8,10H,4-6,9H2,1-3H3;1H/q+1;/p-1. The summed E-state index contributed by atoms with van der Waals surface area (Å²) in [5, 5.41) is 0. The molecule has 5 nitrogen and oxygen atoms in total. The summed E-state index contributed by atoms with van der Waals surface area (Å²) >= 11 is 0. The van der Waals surface area contributed by atoms with Crippen LogP contribution in [-0.2, 0) is 11.8 Å². The lowest BCUT2D eigenvalue weighted by atomic mass is 9.95. The Labute approximate surface area is 125 Å². The maximum atomic E-state index is 12.2. The third kappa shape index (κ3) is 3.23. The molecule has 1 atom stereocenters. The minimum atomic E-state index is -0.205. The van der Waals surface area contributed by atoms with E-state index in [4.69, 9.17) is 4.74 Å². The number of hydrogen-bond acceptors (Lipinski definition) is 2. The van der Waals surface area contributed by atoms with Crippen molar-refractivity contribution in [2.24, 2.45) is 7.05 Å². The predicted molar refractivity (Wildman–Crippen MR) is 62.6 cm³/mol. The van der Waals surface area contributed by atoms with Gasteiger partial charge in [0.1, 0.15) is 12.4 Å². The molecule has 0 spiro atoms. The minimum Gasteiger partial charge on any atom is -1.00 e. The first kappa shape index (κ1) is 15.4. The Kier molecular flexibility index (Phi) is 5.15. The first-order chi connectivity index (χ1) is 8.04. The van der Waals surface area contributed by atoms with Crippen molar-refractivity contribution >= 4 is 6.03 Å². The van der Waals surface area contributed by atoms with E-state index >= 15 is 0 Å². The number of likely N-dealkylation sites (tertiary alicyclic amines) is 1. The second-order valence-corrected chi connectivity index (χ2v) is 4.95. The number of hydrogen-bond donors (Lipinski definition) is 0. The molecule has 1 unspecified atom stereocenters. The fourth-order valence-electron chi connectivity index (χ4n) is 2.26. The molecule has 2 rings (SSSR count). The molecule has 0 saturated carbocycles. The molecule has 0 bridgehead atoms. The molecule has 1 aliphatic rings. The van der Waals surface area contributed by atoms with Crippen LogP contribution >= 0.6 is 0 Å². The quantitative estimate of drug-likeness (QED) is 0.418. The molecule has 0 radical (unpaired) electrons. The molecular formula is C12H20IN3O2. The number of amides is 1. The van der Waals surface area contributed by atoms with Crippen LogP contribution in [0, 0.1) is 0 Å². The Balaban J connectivity index is 0.00000162. The molecular weight excluding hydrogens is 345 g/mol. The second-order valence-electron chi connectivity index (χ2n) is 4.95. The van der Waals surface area contributed by atoms with Crippen LogP contribution in [0.25, 0.3) is 0 Å². The smallest absolute Gasteiger partial charge is 0.415 e. The number of carbonyl (C=O) groups excluding carboxylic acids is 1. The van der Waals surface area contributed by atoms with Gasteiger partial charge in [0.15, 0.2) is 0 Å². The van der Waals surface area contributed by atoms with Gasteiger partial charge in [-0.2, -0.15) is 4.57 Å². The largest absolute Gasteiger partial charge is 1.00 e. The molecule has 1 aromatic rings. The molecule has 1 aliphatic heterocycles. The van der Waals surface area contributed by atoms with Gasteiger partial charge in [0, 0.05) is 13.7 Å². The van der Waals surface area contributed by atoms with Crippen molar-refractivity contribution in [2.45, 2.75) is 25.4 Å². The Hall–Kier alpha value is -0.630. The van der Waals surface area contributed by atoms with Gasteiger partial charge in [-0.3, -0.25) is 0 Å². The molecule has 0 aliphatic carbocycles. The number of nitrogens with zero attached hydrogens (tertiary/aromatic N) is 3. The van der Waals surface area contributed by atoms with Crippen LogP contribution in [0.2, 0.25) is 0 Å². The van der Waals surface area contributed by atoms with E-state index in [0.29, 0.717) is 6.54 Å². The van der Waals surface area contributed by atoms with Gasteiger partial charge >= 0.3 is 6.03 Å². The van der Waals surface area contributed by atoms with Crippen LogP contribution in [0.15, 0.2) is 18.7 Å². The van der Waals surface area contributed by atoms with Crippen molar-refractivity contribution in [3.8, 4) is 0 Å². The Morgan fingerprint density at radius 2 is 2.22 bits per heavy atom. The van der Waals surface area contributed by atoms with Crippen LogP contribution < -0.4 is 28.5 Å². The average Bonchev–Trinajstić information content (AvgIpc) is 2.75. The number of carbonyl (C=O) groups is 1. The maximum absolute atomic E-state index is 12.2. The summed E-state index contributed by atoms with van der Waals surface area (Å²) in [4.78, 5) is 14.1. The van der Waals surface area contributed by atoms with Gasteiger partial charge in [-0.25, -0.2) is 9.36 Å². The van der Waals surface area contributed by atoms with Gasteiger partial charge in [-0.1, -0.05) is 0 Å². The third-order valence-corrected chi connectivity index (χ3v) is 3.41. The molecule has 1 amide bonds. The van der Waals surface area contributed by atoms with E-state index in [-0.39, 0.29) is 35.6 Å². The van der Waals surface area contributed by atoms with E-state index < -0.39 is 0 Å². The number of rotatable bonds is 1. The summed E-state index contributed by atoms with van der Waals surface area (Å²) in [7, 11) is 3.61. The van der Waals surface area contributed by atoms with Crippen LogP contribution in [-0.4, -0.2) is 41.3 Å². The molecule has 2 heterocycles. The highest BCUT2D eigenvalue weighted by atomic mass is 127. The normalized spacial score (nSPS) is 23.6. The topological polar surface area (TPSA) is 38.4 Å². The number of aromatic nitrogens is 2. The van der Waals surface area contributed by atoms with Gasteiger partial charge in [0.2, 0.25) is 0 Å². The van der Waals surface area contributed by atoms with E-state index in [9.17, 15) is 4.79 Å². The summed E-state index contributed by atoms with van der Waals surface area (Å²) in [6.45, 7) is 3.52. The monoisotopic (exact) mass is 365 g/mol. The zero-order valence-corrected chi connectivity index (χ0v) is 13.3. The fourth-order valence-corrected chi connectivity index (χ4v) is 2.26. The van der Waals surface area contributed by atoms with Crippen molar-refractivity contribution in [1.29, 1.82) is 0 Å². The Morgan fingerprint density at radius 1 is 1.50 bits per heavy atom. The minimum absolute atomic E-state index is 0. The van der Waals surface area contributed by atoms with E-state index in [0.717, 1.165) is 19.4 Å². The van der Waals surface area contributed by atoms with Crippen molar-refractivity contribution in [1.82, 2.24) is 9.47 Å². The number of halogens is 1. The number of piperidine rings is 1. The van der Waals surface area contributed by atoms with Gasteiger partial charge < -0.3 is 33.6 Å². The number of ether oxygens (including phenoxy) is 1. The van der Waals surface area contributed by atoms with Gasteiger partial charge in [-0.05, 0) is 19.8 Å². The molecule has 1 aromatic heterocycles. The van der Waals surface area contributed by atoms with Crippen molar-refractivity contribution in [2.75, 3.05) is 20.2 Å². The summed E-state index contributed by atoms with van der Waals surface area (Å²) in [6, 6.07) is 0.0218. The summed E-state index contributed by atoms with van der Waals surface area (Å²) in [5.41, 5.74) is -0.205. The van der Waals surface area contributed by atoms with Gasteiger partial charge in [0.25, 0.3) is 6.33 Å². The number of imidazole rings is 1. The summed E-state index contributed by atoms with van der Waals surface area (Å²) in [6.07, 6.45) is 7.41. The number of methoxy groups -OCH3 is 1. The van der Waals surface area contributed by atoms with Crippen LogP contribution in [0.3, 0.4) is 0 Å². The first-order valence-electron chi connectivity index (χ1n) is 5.92. The van der Waals surface area contributed by atoms with Crippen LogP contribution in [0.5, 0.6) is 0 Å².